The summed E-state index contributed by atoms with van der Waals surface area (Å²) in [5, 5.41) is 6.78. The standard InChI is InChI=1S/C35H31Cl2F3N4O4/c1-34(48-20-23-8-4-6-10-28(23)37)30(18-24-17-26(15-16-29(24)43-34)47-19-22-7-3-5-9-27(22)36)44(2)32(45)31(42-33(41)46)21-11-13-25(14-12-21)35(38,39)40/h3-18,31,43H,19-20H2,1-2H3,(H3,41,42,46). The molecule has 0 radical (unpaired) electrons. The summed E-state index contributed by atoms with van der Waals surface area (Å²) < 4.78 is 52.2. The molecule has 250 valence electrons. The van der Waals surface area contributed by atoms with Gasteiger partial charge in [0.25, 0.3) is 5.91 Å². The van der Waals surface area contributed by atoms with Gasteiger partial charge in [0.15, 0.2) is 5.72 Å². The predicted octanol–water partition coefficient (Wildman–Crippen LogP) is 8.16. The zero-order valence-electron chi connectivity index (χ0n) is 25.8. The summed E-state index contributed by atoms with van der Waals surface area (Å²) in [4.78, 5) is 27.4. The molecule has 2 atom stereocenters. The summed E-state index contributed by atoms with van der Waals surface area (Å²) in [7, 11) is 1.47. The topological polar surface area (TPSA) is 106 Å². The van der Waals surface area contributed by atoms with E-state index in [9.17, 15) is 22.8 Å². The van der Waals surface area contributed by atoms with Crippen molar-refractivity contribution >= 4 is 46.9 Å². The zero-order chi connectivity index (χ0) is 34.6. The van der Waals surface area contributed by atoms with Gasteiger partial charge in [0.2, 0.25) is 0 Å². The molecule has 0 saturated carbocycles. The number of ether oxygens (including phenoxy) is 2. The number of hydrogen-bond donors (Lipinski definition) is 3. The molecule has 1 aliphatic rings. The molecule has 2 unspecified atom stereocenters. The number of nitrogens with one attached hydrogen (secondary N) is 2. The molecule has 48 heavy (non-hydrogen) atoms. The number of nitrogens with zero attached hydrogens (tertiary/aromatic N) is 1. The molecule has 0 fully saturated rings. The Balaban J connectivity index is 1.50. The van der Waals surface area contributed by atoms with Gasteiger partial charge in [0, 0.05) is 33.9 Å². The number of nitrogens with two attached hydrogens (primary N) is 1. The van der Waals surface area contributed by atoms with Crippen LogP contribution in [0.5, 0.6) is 5.75 Å². The second-order valence-corrected chi connectivity index (χ2v) is 12.0. The number of anilines is 1. The van der Waals surface area contributed by atoms with Gasteiger partial charge < -0.3 is 30.7 Å². The molecule has 13 heteroatoms. The number of benzene rings is 4. The van der Waals surface area contributed by atoms with E-state index in [1.54, 1.807) is 49.4 Å². The number of hydrogen-bond acceptors (Lipinski definition) is 5. The lowest BCUT2D eigenvalue weighted by Gasteiger charge is -2.42. The fourth-order valence-electron chi connectivity index (χ4n) is 5.22. The number of halogens is 5. The maximum atomic E-state index is 14.1. The van der Waals surface area contributed by atoms with Crippen LogP contribution in [0.3, 0.4) is 0 Å². The first-order valence-electron chi connectivity index (χ1n) is 14.6. The Morgan fingerprint density at radius 3 is 2.12 bits per heavy atom. The number of rotatable bonds is 10. The molecule has 3 amide bonds. The van der Waals surface area contributed by atoms with Crippen LogP contribution in [-0.4, -0.2) is 29.6 Å². The minimum absolute atomic E-state index is 0.0543. The van der Waals surface area contributed by atoms with E-state index in [1.165, 1.54) is 11.9 Å². The number of likely N-dealkylation sites (N-methyl/N-ethyl adjacent to an activating group) is 1. The number of carbonyl (C=O) groups excluding carboxylic acids is 2. The molecule has 0 aliphatic carbocycles. The Hall–Kier alpha value is -4.71. The molecule has 0 spiro atoms. The Bertz CT molecular complexity index is 1850. The van der Waals surface area contributed by atoms with Crippen molar-refractivity contribution < 1.29 is 32.2 Å². The number of amides is 3. The molecule has 0 aromatic heterocycles. The second kappa shape index (κ2) is 14.2. The third-order valence-electron chi connectivity index (χ3n) is 7.80. The number of urea groups is 1. The number of primary amides is 1. The lowest BCUT2D eigenvalue weighted by Crippen LogP contribution is -2.51. The number of carbonyl (C=O) groups is 2. The van der Waals surface area contributed by atoms with Gasteiger partial charge in [-0.3, -0.25) is 4.79 Å². The summed E-state index contributed by atoms with van der Waals surface area (Å²) in [5.41, 5.74) is 6.37. The molecule has 1 aliphatic heterocycles. The smallest absolute Gasteiger partial charge is 0.416 e. The average molecular weight is 700 g/mol. The third kappa shape index (κ3) is 7.87. The van der Waals surface area contributed by atoms with E-state index < -0.39 is 35.4 Å². The molecular weight excluding hydrogens is 668 g/mol. The molecular formula is C35H31Cl2F3N4O4. The van der Waals surface area contributed by atoms with Crippen LogP contribution in [0, 0.1) is 0 Å². The first-order chi connectivity index (χ1) is 22.7. The molecule has 5 rings (SSSR count). The monoisotopic (exact) mass is 698 g/mol. The summed E-state index contributed by atoms with van der Waals surface area (Å²) in [6.07, 6.45) is -2.86. The number of fused-ring (bicyclic) bond motifs is 1. The Kier molecular flexibility index (Phi) is 10.2. The lowest BCUT2D eigenvalue weighted by molar-refractivity contribution is -0.137. The highest BCUT2D eigenvalue weighted by Crippen LogP contribution is 2.39. The molecule has 4 aromatic rings. The van der Waals surface area contributed by atoms with E-state index in [2.05, 4.69) is 10.6 Å². The van der Waals surface area contributed by atoms with E-state index in [0.29, 0.717) is 38.3 Å². The van der Waals surface area contributed by atoms with E-state index in [1.807, 2.05) is 30.3 Å². The van der Waals surface area contributed by atoms with Gasteiger partial charge in [-0.1, -0.05) is 71.7 Å². The van der Waals surface area contributed by atoms with Gasteiger partial charge in [-0.05, 0) is 66.6 Å². The van der Waals surface area contributed by atoms with Crippen LogP contribution in [-0.2, 0) is 28.9 Å². The highest BCUT2D eigenvalue weighted by atomic mass is 35.5. The fraction of sp³-hybridized carbons (Fsp3) is 0.200. The Morgan fingerprint density at radius 1 is 0.938 bits per heavy atom. The molecule has 4 N–H and O–H groups in total. The van der Waals surface area contributed by atoms with Crippen LogP contribution in [0.15, 0.2) is 96.7 Å². The van der Waals surface area contributed by atoms with Crippen molar-refractivity contribution in [3.8, 4) is 5.75 Å². The average Bonchev–Trinajstić information content (AvgIpc) is 3.05. The first kappa shape index (κ1) is 34.6. The maximum Gasteiger partial charge on any atom is 0.416 e. The number of alkyl halides is 3. The summed E-state index contributed by atoms with van der Waals surface area (Å²) in [6.45, 7) is 1.99. The van der Waals surface area contributed by atoms with Crippen LogP contribution >= 0.6 is 23.2 Å². The molecule has 1 heterocycles. The minimum atomic E-state index is -4.59. The van der Waals surface area contributed by atoms with E-state index in [4.69, 9.17) is 38.4 Å². The van der Waals surface area contributed by atoms with Gasteiger partial charge in [-0.15, -0.1) is 0 Å². The maximum absolute atomic E-state index is 14.1. The summed E-state index contributed by atoms with van der Waals surface area (Å²) in [6, 6.07) is 21.3. The van der Waals surface area contributed by atoms with Crippen molar-refractivity contribution in [3.63, 3.8) is 0 Å². The van der Waals surface area contributed by atoms with E-state index >= 15 is 0 Å². The highest BCUT2D eigenvalue weighted by Gasteiger charge is 2.40. The van der Waals surface area contributed by atoms with Crippen molar-refractivity contribution in [2.24, 2.45) is 5.73 Å². The van der Waals surface area contributed by atoms with Crippen LogP contribution in [0.25, 0.3) is 6.08 Å². The lowest BCUT2D eigenvalue weighted by atomic mass is 9.97. The molecule has 4 aromatic carbocycles. The summed E-state index contributed by atoms with van der Waals surface area (Å²) >= 11 is 12.7. The SMILES string of the molecule is CN(C(=O)C(NC(N)=O)c1ccc(C(F)(F)F)cc1)C1=Cc2cc(OCc3ccccc3Cl)ccc2NC1(C)OCc1ccccc1Cl. The zero-order valence-corrected chi connectivity index (χ0v) is 27.3. The van der Waals surface area contributed by atoms with Crippen LogP contribution in [0.1, 0.15) is 40.8 Å². The van der Waals surface area contributed by atoms with Crippen molar-refractivity contribution in [2.75, 3.05) is 12.4 Å². The van der Waals surface area contributed by atoms with Crippen LogP contribution in [0.4, 0.5) is 23.7 Å². The van der Waals surface area contributed by atoms with Crippen molar-refractivity contribution in [1.29, 1.82) is 0 Å². The Labute approximate surface area is 285 Å². The van der Waals surface area contributed by atoms with Gasteiger partial charge in [0.05, 0.1) is 17.9 Å². The van der Waals surface area contributed by atoms with Gasteiger partial charge in [-0.25, -0.2) is 4.79 Å². The summed E-state index contributed by atoms with van der Waals surface area (Å²) in [5.74, 6) is -0.164. The Morgan fingerprint density at radius 2 is 1.54 bits per heavy atom. The molecule has 0 saturated heterocycles. The minimum Gasteiger partial charge on any atom is -0.489 e. The quantitative estimate of drug-likeness (QED) is 0.155. The third-order valence-corrected chi connectivity index (χ3v) is 8.54. The predicted molar refractivity (Wildman–Crippen MR) is 178 cm³/mol. The molecule has 0 bridgehead atoms. The molecule has 8 nitrogen and oxygen atoms in total. The van der Waals surface area contributed by atoms with Crippen LogP contribution in [0.2, 0.25) is 10.0 Å². The van der Waals surface area contributed by atoms with E-state index in [-0.39, 0.29) is 18.8 Å². The fourth-order valence-corrected chi connectivity index (χ4v) is 5.60. The normalized spacial score (nSPS) is 16.2. The van der Waals surface area contributed by atoms with Crippen molar-refractivity contribution in [3.05, 3.63) is 135 Å². The van der Waals surface area contributed by atoms with Crippen molar-refractivity contribution in [1.82, 2.24) is 10.2 Å². The van der Waals surface area contributed by atoms with E-state index in [0.717, 1.165) is 29.8 Å². The van der Waals surface area contributed by atoms with Gasteiger partial charge in [-0.2, -0.15) is 13.2 Å². The van der Waals surface area contributed by atoms with Crippen molar-refractivity contribution in [2.45, 2.75) is 38.1 Å². The van der Waals surface area contributed by atoms with Gasteiger partial charge in [0.1, 0.15) is 18.4 Å². The second-order valence-electron chi connectivity index (χ2n) is 11.2. The van der Waals surface area contributed by atoms with Gasteiger partial charge >= 0.3 is 12.2 Å². The van der Waals surface area contributed by atoms with Crippen LogP contribution < -0.4 is 21.1 Å². The first-order valence-corrected chi connectivity index (χ1v) is 15.4. The largest absolute Gasteiger partial charge is 0.489 e. The highest BCUT2D eigenvalue weighted by molar-refractivity contribution is 6.31.